The molecule has 2 rings (SSSR count). The summed E-state index contributed by atoms with van der Waals surface area (Å²) >= 11 is 5.48. The molecule has 0 radical (unpaired) electrons. The summed E-state index contributed by atoms with van der Waals surface area (Å²) in [4.78, 5) is 11.7. The summed E-state index contributed by atoms with van der Waals surface area (Å²) in [5.74, 6) is -2.84. The van der Waals surface area contributed by atoms with E-state index in [9.17, 15) is 13.6 Å². The van der Waals surface area contributed by atoms with E-state index < -0.39 is 23.1 Å². The monoisotopic (exact) mass is 267 g/mol. The van der Waals surface area contributed by atoms with Crippen LogP contribution >= 0.6 is 11.6 Å². The number of carbonyl (C=O) groups is 1. The SMILES string of the molecule is O=C(Nc1ccccc1)c1c(F)cc(Cl)cc1F. The quantitative estimate of drug-likeness (QED) is 0.879. The molecule has 0 aliphatic heterocycles. The van der Waals surface area contributed by atoms with Crippen LogP contribution < -0.4 is 5.32 Å². The summed E-state index contributed by atoms with van der Waals surface area (Å²) in [7, 11) is 0. The molecular formula is C13H8ClF2NO. The summed E-state index contributed by atoms with van der Waals surface area (Å²) in [5, 5.41) is 2.30. The van der Waals surface area contributed by atoms with Gasteiger partial charge < -0.3 is 5.32 Å². The highest BCUT2D eigenvalue weighted by molar-refractivity contribution is 6.30. The minimum atomic E-state index is -0.992. The van der Waals surface area contributed by atoms with Gasteiger partial charge in [0.1, 0.15) is 17.2 Å². The lowest BCUT2D eigenvalue weighted by molar-refractivity contribution is 0.101. The van der Waals surface area contributed by atoms with Crippen LogP contribution in [0.4, 0.5) is 14.5 Å². The number of hydrogen-bond donors (Lipinski definition) is 1. The van der Waals surface area contributed by atoms with E-state index >= 15 is 0 Å². The van der Waals surface area contributed by atoms with Crippen molar-refractivity contribution in [2.45, 2.75) is 0 Å². The largest absolute Gasteiger partial charge is 0.322 e. The van der Waals surface area contributed by atoms with Crippen molar-refractivity contribution in [3.63, 3.8) is 0 Å². The first-order valence-electron chi connectivity index (χ1n) is 5.09. The fourth-order valence-electron chi connectivity index (χ4n) is 1.47. The van der Waals surface area contributed by atoms with Crippen LogP contribution in [0.25, 0.3) is 0 Å². The van der Waals surface area contributed by atoms with Gasteiger partial charge >= 0.3 is 0 Å². The van der Waals surface area contributed by atoms with Crippen LogP contribution in [0, 0.1) is 11.6 Å². The molecule has 0 aliphatic carbocycles. The molecule has 18 heavy (non-hydrogen) atoms. The predicted octanol–water partition coefficient (Wildman–Crippen LogP) is 3.87. The Labute approximate surface area is 107 Å². The van der Waals surface area contributed by atoms with Crippen molar-refractivity contribution < 1.29 is 13.6 Å². The van der Waals surface area contributed by atoms with Gasteiger partial charge in [0.2, 0.25) is 0 Å². The van der Waals surface area contributed by atoms with Crippen molar-refractivity contribution in [1.29, 1.82) is 0 Å². The Balaban J connectivity index is 2.30. The number of benzene rings is 2. The molecule has 2 aromatic carbocycles. The summed E-state index contributed by atoms with van der Waals surface area (Å²) in [6, 6.07) is 10.2. The first kappa shape index (κ1) is 12.5. The normalized spacial score (nSPS) is 10.2. The van der Waals surface area contributed by atoms with Crippen molar-refractivity contribution >= 4 is 23.2 Å². The van der Waals surface area contributed by atoms with Crippen LogP contribution in [0.15, 0.2) is 42.5 Å². The lowest BCUT2D eigenvalue weighted by atomic mass is 10.1. The number of anilines is 1. The third kappa shape index (κ3) is 2.65. The van der Waals surface area contributed by atoms with Gasteiger partial charge in [-0.1, -0.05) is 29.8 Å². The molecule has 0 saturated heterocycles. The molecule has 1 N–H and O–H groups in total. The van der Waals surface area contributed by atoms with Gasteiger partial charge in [0, 0.05) is 10.7 Å². The number of hydrogen-bond acceptors (Lipinski definition) is 1. The van der Waals surface area contributed by atoms with Gasteiger partial charge in [-0.05, 0) is 24.3 Å². The first-order chi connectivity index (χ1) is 8.58. The molecule has 0 unspecified atom stereocenters. The maximum absolute atomic E-state index is 13.5. The third-order valence-corrected chi connectivity index (χ3v) is 2.48. The minimum absolute atomic E-state index is 0.0961. The van der Waals surface area contributed by atoms with Crippen LogP contribution in [0.5, 0.6) is 0 Å². The fourth-order valence-corrected chi connectivity index (χ4v) is 1.67. The Bertz CT molecular complexity index is 564. The zero-order chi connectivity index (χ0) is 13.1. The Morgan fingerprint density at radius 2 is 1.61 bits per heavy atom. The Hall–Kier alpha value is -1.94. The van der Waals surface area contributed by atoms with E-state index in [2.05, 4.69) is 5.32 Å². The zero-order valence-electron chi connectivity index (χ0n) is 9.08. The second-order valence-corrected chi connectivity index (χ2v) is 4.00. The molecular weight excluding hydrogens is 260 g/mol. The van der Waals surface area contributed by atoms with Crippen molar-refractivity contribution in [2.24, 2.45) is 0 Å². The second kappa shape index (κ2) is 5.14. The summed E-state index contributed by atoms with van der Waals surface area (Å²) in [6.45, 7) is 0. The van der Waals surface area contributed by atoms with Gasteiger partial charge in [0.05, 0.1) is 0 Å². The van der Waals surface area contributed by atoms with E-state index in [0.717, 1.165) is 12.1 Å². The van der Waals surface area contributed by atoms with E-state index in [4.69, 9.17) is 11.6 Å². The van der Waals surface area contributed by atoms with E-state index in [1.165, 1.54) is 0 Å². The number of rotatable bonds is 2. The molecule has 0 fully saturated rings. The van der Waals surface area contributed by atoms with Gasteiger partial charge in [0.15, 0.2) is 0 Å². The molecule has 92 valence electrons. The van der Waals surface area contributed by atoms with Crippen molar-refractivity contribution in [1.82, 2.24) is 0 Å². The molecule has 0 atom stereocenters. The van der Waals surface area contributed by atoms with Crippen LogP contribution in [0.2, 0.25) is 5.02 Å². The Morgan fingerprint density at radius 1 is 1.06 bits per heavy atom. The van der Waals surface area contributed by atoms with Gasteiger partial charge in [-0.15, -0.1) is 0 Å². The molecule has 0 bridgehead atoms. The molecule has 0 aliphatic rings. The molecule has 0 spiro atoms. The molecule has 0 saturated carbocycles. The third-order valence-electron chi connectivity index (χ3n) is 2.27. The maximum Gasteiger partial charge on any atom is 0.261 e. The van der Waals surface area contributed by atoms with Crippen LogP contribution in [-0.2, 0) is 0 Å². The zero-order valence-corrected chi connectivity index (χ0v) is 9.84. The molecule has 1 amide bonds. The highest BCUT2D eigenvalue weighted by atomic mass is 35.5. The van der Waals surface area contributed by atoms with Gasteiger partial charge in [-0.3, -0.25) is 4.79 Å². The second-order valence-electron chi connectivity index (χ2n) is 3.56. The Kier molecular flexibility index (Phi) is 3.58. The summed E-state index contributed by atoms with van der Waals surface area (Å²) in [6.07, 6.45) is 0. The van der Waals surface area contributed by atoms with Gasteiger partial charge in [-0.25, -0.2) is 8.78 Å². The number of para-hydroxylation sites is 1. The highest BCUT2D eigenvalue weighted by Crippen LogP contribution is 2.20. The molecule has 0 heterocycles. The summed E-state index contributed by atoms with van der Waals surface area (Å²) < 4.78 is 27.0. The van der Waals surface area contributed by atoms with E-state index in [-0.39, 0.29) is 5.02 Å². The highest BCUT2D eigenvalue weighted by Gasteiger charge is 2.18. The molecule has 2 aromatic rings. The number of amides is 1. The number of halogens is 3. The topological polar surface area (TPSA) is 29.1 Å². The maximum atomic E-state index is 13.5. The van der Waals surface area contributed by atoms with Crippen molar-refractivity contribution in [3.05, 3.63) is 64.7 Å². The predicted molar refractivity (Wildman–Crippen MR) is 65.8 cm³/mol. The van der Waals surface area contributed by atoms with Gasteiger partial charge in [-0.2, -0.15) is 0 Å². The first-order valence-corrected chi connectivity index (χ1v) is 5.46. The van der Waals surface area contributed by atoms with E-state index in [0.29, 0.717) is 5.69 Å². The van der Waals surface area contributed by atoms with Crippen LogP contribution in [0.1, 0.15) is 10.4 Å². The summed E-state index contributed by atoms with van der Waals surface area (Å²) in [5.41, 5.74) is -0.195. The molecule has 5 heteroatoms. The van der Waals surface area contributed by atoms with Crippen LogP contribution in [0.3, 0.4) is 0 Å². The minimum Gasteiger partial charge on any atom is -0.322 e. The van der Waals surface area contributed by atoms with Gasteiger partial charge in [0.25, 0.3) is 5.91 Å². The van der Waals surface area contributed by atoms with Crippen LogP contribution in [-0.4, -0.2) is 5.91 Å². The average Bonchev–Trinajstić information content (AvgIpc) is 2.28. The Morgan fingerprint density at radius 3 is 2.17 bits per heavy atom. The lowest BCUT2D eigenvalue weighted by Gasteiger charge is -2.07. The number of carbonyl (C=O) groups excluding carboxylic acids is 1. The smallest absolute Gasteiger partial charge is 0.261 e. The number of nitrogens with one attached hydrogen (secondary N) is 1. The van der Waals surface area contributed by atoms with E-state index in [1.54, 1.807) is 30.3 Å². The van der Waals surface area contributed by atoms with Crippen molar-refractivity contribution in [3.8, 4) is 0 Å². The van der Waals surface area contributed by atoms with Crippen molar-refractivity contribution in [2.75, 3.05) is 5.32 Å². The standard InChI is InChI=1S/C13H8ClF2NO/c14-8-6-10(15)12(11(16)7-8)13(18)17-9-4-2-1-3-5-9/h1-7H,(H,17,18). The fraction of sp³-hybridized carbons (Fsp3) is 0. The molecule has 0 aromatic heterocycles. The van der Waals surface area contributed by atoms with E-state index in [1.807, 2.05) is 0 Å². The lowest BCUT2D eigenvalue weighted by Crippen LogP contribution is -2.15. The molecule has 2 nitrogen and oxygen atoms in total. The average molecular weight is 268 g/mol.